The van der Waals surface area contributed by atoms with Crippen molar-refractivity contribution in [1.29, 1.82) is 0 Å². The number of carboxylic acids is 1. The molecule has 30 heavy (non-hydrogen) atoms. The first-order chi connectivity index (χ1) is 14.3. The SMILES string of the molecule is NC(=O)C(=O)Nc1sc2c(c1C(=O)O)CC(CC1=[N+]([O-])C=C3C=NC=C3C1=O)OC2. The highest BCUT2D eigenvalue weighted by Gasteiger charge is 2.37. The van der Waals surface area contributed by atoms with Crippen LogP contribution in [0.5, 0.6) is 0 Å². The van der Waals surface area contributed by atoms with Gasteiger partial charge in [0.1, 0.15) is 5.00 Å². The molecule has 12 heteroatoms. The molecule has 1 aromatic heterocycles. The molecule has 0 saturated heterocycles. The van der Waals surface area contributed by atoms with Crippen molar-refractivity contribution in [3.8, 4) is 0 Å². The zero-order chi connectivity index (χ0) is 21.6. The van der Waals surface area contributed by atoms with Crippen LogP contribution in [0.1, 0.15) is 27.2 Å². The Hall–Kier alpha value is -3.64. The number of aliphatic imine (C=N–C) groups is 1. The summed E-state index contributed by atoms with van der Waals surface area (Å²) in [5.74, 6) is -4.12. The van der Waals surface area contributed by atoms with Crippen LogP contribution in [0, 0.1) is 5.21 Å². The van der Waals surface area contributed by atoms with Gasteiger partial charge in [0.2, 0.25) is 5.71 Å². The van der Waals surface area contributed by atoms with Crippen molar-refractivity contribution in [2.45, 2.75) is 25.6 Å². The Morgan fingerprint density at radius 3 is 2.90 bits per heavy atom. The Kier molecular flexibility index (Phi) is 4.79. The molecule has 1 unspecified atom stereocenters. The van der Waals surface area contributed by atoms with Gasteiger partial charge in [-0.05, 0) is 5.56 Å². The molecule has 0 radical (unpaired) electrons. The van der Waals surface area contributed by atoms with Gasteiger partial charge in [-0.1, -0.05) is 0 Å². The molecule has 0 bridgehead atoms. The number of hydrogen-bond donors (Lipinski definition) is 3. The summed E-state index contributed by atoms with van der Waals surface area (Å²) >= 11 is 0.971. The van der Waals surface area contributed by atoms with Crippen molar-refractivity contribution in [3.05, 3.63) is 44.8 Å². The quantitative estimate of drug-likeness (QED) is 0.344. The fourth-order valence-electron chi connectivity index (χ4n) is 3.42. The molecule has 3 aliphatic rings. The molecule has 1 aromatic rings. The van der Waals surface area contributed by atoms with Crippen molar-refractivity contribution in [2.24, 2.45) is 10.7 Å². The summed E-state index contributed by atoms with van der Waals surface area (Å²) in [6.07, 6.45) is 3.52. The second-order valence-electron chi connectivity index (χ2n) is 6.68. The van der Waals surface area contributed by atoms with E-state index in [0.717, 1.165) is 11.3 Å². The van der Waals surface area contributed by atoms with E-state index in [2.05, 4.69) is 10.3 Å². The number of ketones is 1. The molecule has 0 saturated carbocycles. The Morgan fingerprint density at radius 2 is 2.20 bits per heavy atom. The van der Waals surface area contributed by atoms with Crippen LogP contribution in [0.15, 0.2) is 28.5 Å². The van der Waals surface area contributed by atoms with E-state index in [-0.39, 0.29) is 35.7 Å². The van der Waals surface area contributed by atoms with E-state index in [1.165, 1.54) is 18.6 Å². The maximum absolute atomic E-state index is 12.6. The van der Waals surface area contributed by atoms with Crippen molar-refractivity contribution in [1.82, 2.24) is 0 Å². The monoisotopic (exact) mass is 430 g/mol. The van der Waals surface area contributed by atoms with Gasteiger partial charge in [0.05, 0.1) is 35.8 Å². The number of nitrogens with two attached hydrogens (primary N) is 1. The number of rotatable bonds is 4. The molecule has 4 heterocycles. The molecule has 4 rings (SSSR count). The van der Waals surface area contributed by atoms with Crippen LogP contribution in [0.4, 0.5) is 5.00 Å². The van der Waals surface area contributed by atoms with Crippen molar-refractivity contribution < 1.29 is 33.8 Å². The molecule has 0 fully saturated rings. The van der Waals surface area contributed by atoms with E-state index in [1.807, 2.05) is 0 Å². The number of hydrogen-bond acceptors (Lipinski definition) is 8. The summed E-state index contributed by atoms with van der Waals surface area (Å²) in [6, 6.07) is 0. The van der Waals surface area contributed by atoms with Gasteiger partial charge in [-0.15, -0.1) is 11.3 Å². The number of allylic oxidation sites excluding steroid dienone is 2. The highest BCUT2D eigenvalue weighted by molar-refractivity contribution is 7.17. The van der Waals surface area contributed by atoms with E-state index in [1.54, 1.807) is 0 Å². The summed E-state index contributed by atoms with van der Waals surface area (Å²) < 4.78 is 6.20. The largest absolute Gasteiger partial charge is 0.618 e. The zero-order valence-corrected chi connectivity index (χ0v) is 16.0. The van der Waals surface area contributed by atoms with Gasteiger partial charge in [-0.2, -0.15) is 4.74 Å². The van der Waals surface area contributed by atoms with Crippen LogP contribution < -0.4 is 11.1 Å². The van der Waals surface area contributed by atoms with Gasteiger partial charge >= 0.3 is 17.8 Å². The molecule has 0 aliphatic carbocycles. The lowest BCUT2D eigenvalue weighted by molar-refractivity contribution is -0.381. The van der Waals surface area contributed by atoms with Crippen LogP contribution in [-0.4, -0.2) is 51.4 Å². The summed E-state index contributed by atoms with van der Waals surface area (Å²) in [4.78, 5) is 51.4. The predicted molar refractivity (Wildman–Crippen MR) is 104 cm³/mol. The highest BCUT2D eigenvalue weighted by Crippen LogP contribution is 2.38. The standard InChI is InChI=1S/C18H14N4O7S/c19-15(24)16(25)21-17-13(18(26)27)9-1-8(29-6-12(9)30-17)2-11-14(23)10-4-20-3-7(10)5-22(11)28/h3-5,8H,1-2,6H2,(H2,19,24)(H,21,25)(H,26,27). The minimum Gasteiger partial charge on any atom is -0.618 e. The van der Waals surface area contributed by atoms with Crippen LogP contribution in [-0.2, 0) is 32.1 Å². The number of hydroxylamine groups is 1. The number of nitrogens with zero attached hydrogens (tertiary/aromatic N) is 2. The van der Waals surface area contributed by atoms with Crippen LogP contribution in [0.25, 0.3) is 0 Å². The lowest BCUT2D eigenvalue weighted by atomic mass is 9.92. The van der Waals surface area contributed by atoms with Crippen LogP contribution in [0.2, 0.25) is 0 Å². The fourth-order valence-corrected chi connectivity index (χ4v) is 4.56. The lowest BCUT2D eigenvalue weighted by Gasteiger charge is -2.24. The molecule has 0 spiro atoms. The number of thiophene rings is 1. The number of carbonyl (C=O) groups excluding carboxylic acids is 3. The number of Topliss-reactive ketones (excluding diaryl/α,β-unsaturated/α-hetero) is 1. The first-order valence-electron chi connectivity index (χ1n) is 8.69. The number of carbonyl (C=O) groups is 4. The van der Waals surface area contributed by atoms with E-state index >= 15 is 0 Å². The fraction of sp³-hybridized carbons (Fsp3) is 0.222. The van der Waals surface area contributed by atoms with E-state index in [0.29, 0.717) is 26.3 Å². The van der Waals surface area contributed by atoms with Gasteiger partial charge in [0.25, 0.3) is 5.78 Å². The molecule has 154 valence electrons. The second-order valence-corrected chi connectivity index (χ2v) is 7.78. The number of anilines is 1. The third-order valence-corrected chi connectivity index (χ3v) is 5.94. The average molecular weight is 430 g/mol. The topological polar surface area (TPSA) is 174 Å². The zero-order valence-electron chi connectivity index (χ0n) is 15.2. The van der Waals surface area contributed by atoms with Crippen LogP contribution in [0.3, 0.4) is 0 Å². The van der Waals surface area contributed by atoms with Crippen molar-refractivity contribution in [3.63, 3.8) is 0 Å². The summed E-state index contributed by atoms with van der Waals surface area (Å²) in [5.41, 5.74) is 5.91. The molecule has 2 amide bonds. The number of ether oxygens (including phenoxy) is 1. The van der Waals surface area contributed by atoms with E-state index < -0.39 is 29.7 Å². The maximum Gasteiger partial charge on any atom is 0.339 e. The third kappa shape index (κ3) is 3.31. The highest BCUT2D eigenvalue weighted by atomic mass is 32.1. The Morgan fingerprint density at radius 1 is 1.43 bits per heavy atom. The molecule has 0 aromatic carbocycles. The molecule has 3 aliphatic heterocycles. The number of aromatic carboxylic acids is 1. The average Bonchev–Trinajstić information content (AvgIpc) is 3.28. The first-order valence-corrected chi connectivity index (χ1v) is 9.50. The van der Waals surface area contributed by atoms with Gasteiger partial charge < -0.3 is 26.1 Å². The van der Waals surface area contributed by atoms with E-state index in [9.17, 15) is 29.5 Å². The number of carboxylic acid groups (broad SMARTS) is 1. The molecule has 11 nitrogen and oxygen atoms in total. The van der Waals surface area contributed by atoms with Gasteiger partial charge in [-0.3, -0.25) is 19.4 Å². The minimum atomic E-state index is -1.29. The Labute approximate surface area is 172 Å². The van der Waals surface area contributed by atoms with Gasteiger partial charge in [0, 0.05) is 23.7 Å². The number of amides is 2. The molecular weight excluding hydrogens is 416 g/mol. The Balaban J connectivity index is 1.59. The molecular formula is C18H14N4O7S. The number of nitrogens with one attached hydrogen (secondary N) is 1. The summed E-state index contributed by atoms with van der Waals surface area (Å²) in [6.45, 7) is 0.0324. The number of primary amides is 1. The van der Waals surface area contributed by atoms with Gasteiger partial charge in [0.15, 0.2) is 6.20 Å². The number of fused-ring (bicyclic) bond motifs is 2. The van der Waals surface area contributed by atoms with Gasteiger partial charge in [-0.25, -0.2) is 4.79 Å². The summed E-state index contributed by atoms with van der Waals surface area (Å²) in [5, 5.41) is 24.1. The molecule has 1 atom stereocenters. The van der Waals surface area contributed by atoms with Crippen molar-refractivity contribution >= 4 is 51.8 Å². The summed E-state index contributed by atoms with van der Waals surface area (Å²) in [7, 11) is 0. The first kappa shape index (κ1) is 19.7. The smallest absolute Gasteiger partial charge is 0.339 e. The van der Waals surface area contributed by atoms with E-state index in [4.69, 9.17) is 10.5 Å². The predicted octanol–water partition coefficient (Wildman–Crippen LogP) is 0.0877. The maximum atomic E-state index is 12.6. The second kappa shape index (κ2) is 7.31. The Bertz CT molecular complexity index is 1140. The normalized spacial score (nSPS) is 19.7. The third-order valence-electron chi connectivity index (χ3n) is 4.82. The van der Waals surface area contributed by atoms with Crippen LogP contribution >= 0.6 is 11.3 Å². The lowest BCUT2D eigenvalue weighted by Crippen LogP contribution is -2.34. The van der Waals surface area contributed by atoms with Crippen molar-refractivity contribution in [2.75, 3.05) is 5.32 Å². The minimum absolute atomic E-state index is 0.0202. The molecule has 4 N–H and O–H groups in total.